The Morgan fingerprint density at radius 2 is 1.71 bits per heavy atom. The molecule has 2 aromatic rings. The summed E-state index contributed by atoms with van der Waals surface area (Å²) in [6, 6.07) is 10.5. The zero-order valence-corrected chi connectivity index (χ0v) is 13.8. The summed E-state index contributed by atoms with van der Waals surface area (Å²) in [6.07, 6.45) is 3.08. The first-order chi connectivity index (χ1) is 9.95. The molecule has 0 aliphatic carbocycles. The topological polar surface area (TPSA) is 55.1 Å². The monoisotopic (exact) mass is 384 g/mol. The summed E-state index contributed by atoms with van der Waals surface area (Å²) in [6.45, 7) is 0. The Morgan fingerprint density at radius 3 is 2.29 bits per heavy atom. The molecule has 2 aromatic carbocycles. The third-order valence-electron chi connectivity index (χ3n) is 2.62. The van der Waals surface area contributed by atoms with Crippen molar-refractivity contribution in [1.29, 1.82) is 0 Å². The molecule has 0 aliphatic rings. The Labute approximate surface area is 140 Å². The number of hydrogen-bond donors (Lipinski definition) is 2. The minimum atomic E-state index is -0.321. The molecule has 2 rings (SSSR count). The van der Waals surface area contributed by atoms with Crippen molar-refractivity contribution >= 4 is 62.5 Å². The minimum Gasteiger partial charge on any atom is -0.399 e. The van der Waals surface area contributed by atoms with Crippen LogP contribution in [0.3, 0.4) is 0 Å². The first kappa shape index (κ1) is 15.9. The van der Waals surface area contributed by atoms with Crippen LogP contribution in [0.4, 0.5) is 11.4 Å². The highest BCUT2D eigenvalue weighted by atomic mass is 79.9. The van der Waals surface area contributed by atoms with Crippen molar-refractivity contribution in [3.8, 4) is 0 Å². The second-order valence-electron chi connectivity index (χ2n) is 4.23. The SMILES string of the molecule is Nc1ccc(/C=C/C(=O)Nc2c(Cl)cc(Br)cc2Cl)cc1. The van der Waals surface area contributed by atoms with Gasteiger partial charge in [-0.3, -0.25) is 4.79 Å². The summed E-state index contributed by atoms with van der Waals surface area (Å²) in [7, 11) is 0. The summed E-state index contributed by atoms with van der Waals surface area (Å²) in [5.74, 6) is -0.321. The van der Waals surface area contributed by atoms with Crippen LogP contribution < -0.4 is 11.1 Å². The van der Waals surface area contributed by atoms with Crippen LogP contribution in [0, 0.1) is 0 Å². The average Bonchev–Trinajstić information content (AvgIpc) is 2.42. The zero-order chi connectivity index (χ0) is 15.4. The number of nitrogens with one attached hydrogen (secondary N) is 1. The van der Waals surface area contributed by atoms with Gasteiger partial charge in [-0.1, -0.05) is 51.3 Å². The van der Waals surface area contributed by atoms with Crippen molar-refractivity contribution in [2.75, 3.05) is 11.1 Å². The number of carbonyl (C=O) groups excluding carboxylic acids is 1. The fourth-order valence-corrected chi connectivity index (χ4v) is 2.91. The number of nitrogen functional groups attached to an aromatic ring is 1. The van der Waals surface area contributed by atoms with Gasteiger partial charge in [0.2, 0.25) is 5.91 Å². The third-order valence-corrected chi connectivity index (χ3v) is 3.67. The number of halogens is 3. The van der Waals surface area contributed by atoms with E-state index in [1.807, 2.05) is 12.1 Å². The van der Waals surface area contributed by atoms with Gasteiger partial charge in [-0.05, 0) is 35.9 Å². The molecular weight excluding hydrogens is 375 g/mol. The summed E-state index contributed by atoms with van der Waals surface area (Å²) >= 11 is 15.4. The molecule has 21 heavy (non-hydrogen) atoms. The summed E-state index contributed by atoms with van der Waals surface area (Å²) < 4.78 is 0.743. The second-order valence-corrected chi connectivity index (χ2v) is 5.96. The normalized spacial score (nSPS) is 10.8. The lowest BCUT2D eigenvalue weighted by Gasteiger charge is -2.08. The van der Waals surface area contributed by atoms with Gasteiger partial charge < -0.3 is 11.1 Å². The maximum absolute atomic E-state index is 11.9. The van der Waals surface area contributed by atoms with Gasteiger partial charge in [0.05, 0.1) is 15.7 Å². The Balaban J connectivity index is 2.10. The van der Waals surface area contributed by atoms with E-state index in [1.165, 1.54) is 6.08 Å². The number of rotatable bonds is 3. The van der Waals surface area contributed by atoms with Gasteiger partial charge in [-0.15, -0.1) is 0 Å². The van der Waals surface area contributed by atoms with Gasteiger partial charge in [-0.2, -0.15) is 0 Å². The minimum absolute atomic E-state index is 0.321. The van der Waals surface area contributed by atoms with Crippen LogP contribution in [0.15, 0.2) is 46.9 Å². The molecule has 1 amide bonds. The molecule has 6 heteroatoms. The van der Waals surface area contributed by atoms with Crippen molar-refractivity contribution in [2.24, 2.45) is 0 Å². The van der Waals surface area contributed by atoms with Crippen LogP contribution in [0.5, 0.6) is 0 Å². The number of benzene rings is 2. The molecular formula is C15H11BrCl2N2O. The molecule has 108 valence electrons. The number of carbonyl (C=O) groups is 1. The first-order valence-corrected chi connectivity index (χ1v) is 7.50. The molecule has 0 aliphatic heterocycles. The second kappa shape index (κ2) is 6.98. The van der Waals surface area contributed by atoms with E-state index >= 15 is 0 Å². The van der Waals surface area contributed by atoms with Crippen LogP contribution in [0.25, 0.3) is 6.08 Å². The van der Waals surface area contributed by atoms with Crippen molar-refractivity contribution in [1.82, 2.24) is 0 Å². The van der Waals surface area contributed by atoms with Gasteiger partial charge in [0.1, 0.15) is 0 Å². The average molecular weight is 386 g/mol. The Bertz CT molecular complexity index is 676. The molecule has 3 N–H and O–H groups in total. The molecule has 0 heterocycles. The summed E-state index contributed by atoms with van der Waals surface area (Å²) in [5, 5.41) is 3.38. The van der Waals surface area contributed by atoms with Crippen LogP contribution in [0.1, 0.15) is 5.56 Å². The first-order valence-electron chi connectivity index (χ1n) is 5.95. The highest BCUT2D eigenvalue weighted by Crippen LogP contribution is 2.33. The summed E-state index contributed by atoms with van der Waals surface area (Å²) in [4.78, 5) is 11.9. The van der Waals surface area contributed by atoms with Gasteiger partial charge in [-0.25, -0.2) is 0 Å². The smallest absolute Gasteiger partial charge is 0.248 e. The van der Waals surface area contributed by atoms with E-state index in [2.05, 4.69) is 21.2 Å². The van der Waals surface area contributed by atoms with Gasteiger partial charge in [0.15, 0.2) is 0 Å². The van der Waals surface area contributed by atoms with Crippen LogP contribution >= 0.6 is 39.1 Å². The molecule has 0 saturated heterocycles. The van der Waals surface area contributed by atoms with E-state index in [9.17, 15) is 4.79 Å². The van der Waals surface area contributed by atoms with E-state index < -0.39 is 0 Å². The lowest BCUT2D eigenvalue weighted by Crippen LogP contribution is -2.08. The predicted molar refractivity (Wildman–Crippen MR) is 92.7 cm³/mol. The van der Waals surface area contributed by atoms with Crippen LogP contribution in [-0.2, 0) is 4.79 Å². The summed E-state index contributed by atoms with van der Waals surface area (Å²) in [5.41, 5.74) is 7.52. The van der Waals surface area contributed by atoms with Crippen LogP contribution in [0.2, 0.25) is 10.0 Å². The Kier molecular flexibility index (Phi) is 5.28. The molecule has 0 aromatic heterocycles. The van der Waals surface area contributed by atoms with Gasteiger partial charge in [0.25, 0.3) is 0 Å². The van der Waals surface area contributed by atoms with E-state index in [0.717, 1.165) is 10.0 Å². The number of amides is 1. The highest BCUT2D eigenvalue weighted by molar-refractivity contribution is 9.10. The number of anilines is 2. The van der Waals surface area contributed by atoms with Crippen molar-refractivity contribution in [2.45, 2.75) is 0 Å². The quantitative estimate of drug-likeness (QED) is 0.577. The lowest BCUT2D eigenvalue weighted by molar-refractivity contribution is -0.111. The van der Waals surface area contributed by atoms with E-state index in [4.69, 9.17) is 28.9 Å². The maximum Gasteiger partial charge on any atom is 0.248 e. The van der Waals surface area contributed by atoms with Gasteiger partial charge in [0, 0.05) is 16.2 Å². The largest absolute Gasteiger partial charge is 0.399 e. The Hall–Kier alpha value is -1.49. The molecule has 0 spiro atoms. The fourth-order valence-electron chi connectivity index (χ4n) is 1.61. The molecule has 0 radical (unpaired) electrons. The highest BCUT2D eigenvalue weighted by Gasteiger charge is 2.09. The predicted octanol–water partition coefficient (Wildman–Crippen LogP) is 4.99. The molecule has 3 nitrogen and oxygen atoms in total. The molecule has 0 bridgehead atoms. The van der Waals surface area contributed by atoms with Crippen LogP contribution in [-0.4, -0.2) is 5.91 Å². The molecule has 0 unspecified atom stereocenters. The van der Waals surface area contributed by atoms with Gasteiger partial charge >= 0.3 is 0 Å². The van der Waals surface area contributed by atoms with Crippen molar-refractivity contribution in [3.63, 3.8) is 0 Å². The van der Waals surface area contributed by atoms with E-state index in [-0.39, 0.29) is 5.91 Å². The Morgan fingerprint density at radius 1 is 1.14 bits per heavy atom. The van der Waals surface area contributed by atoms with E-state index in [1.54, 1.807) is 30.3 Å². The molecule has 0 fully saturated rings. The zero-order valence-electron chi connectivity index (χ0n) is 10.7. The number of hydrogen-bond acceptors (Lipinski definition) is 2. The number of nitrogens with two attached hydrogens (primary N) is 1. The lowest BCUT2D eigenvalue weighted by atomic mass is 10.2. The van der Waals surface area contributed by atoms with E-state index in [0.29, 0.717) is 21.4 Å². The maximum atomic E-state index is 11.9. The third kappa shape index (κ3) is 4.49. The molecule has 0 saturated carbocycles. The fraction of sp³-hybridized carbons (Fsp3) is 0. The van der Waals surface area contributed by atoms with Crippen molar-refractivity contribution < 1.29 is 4.79 Å². The molecule has 0 atom stereocenters. The van der Waals surface area contributed by atoms with Crippen molar-refractivity contribution in [3.05, 3.63) is 62.6 Å². The standard InChI is InChI=1S/C15H11BrCl2N2O/c16-10-7-12(17)15(13(18)8-10)20-14(21)6-3-9-1-4-11(19)5-2-9/h1-8H,19H2,(H,20,21)/b6-3+.